The van der Waals surface area contributed by atoms with Crippen LogP contribution in [0.25, 0.3) is 0 Å². The lowest BCUT2D eigenvalue weighted by atomic mass is 9.96. The second-order valence-corrected chi connectivity index (χ2v) is 5.87. The van der Waals surface area contributed by atoms with Crippen LogP contribution in [0.4, 0.5) is 4.39 Å². The molecular weight excluding hydrogens is 311 g/mol. The summed E-state index contributed by atoms with van der Waals surface area (Å²) in [4.78, 5) is 12.0. The molecule has 1 unspecified atom stereocenters. The molecule has 1 rings (SSSR count). The Labute approximate surface area is 121 Å². The molecule has 0 aliphatic heterocycles. The van der Waals surface area contributed by atoms with Crippen LogP contribution in [0.2, 0.25) is 0 Å². The highest BCUT2D eigenvalue weighted by molar-refractivity contribution is 9.10. The molecule has 1 amide bonds. The Morgan fingerprint density at radius 3 is 2.74 bits per heavy atom. The molecule has 0 spiro atoms. The summed E-state index contributed by atoms with van der Waals surface area (Å²) >= 11 is 3.33. The fourth-order valence-corrected chi connectivity index (χ4v) is 2.27. The Morgan fingerprint density at radius 1 is 1.47 bits per heavy atom. The molecule has 1 aromatic rings. The van der Waals surface area contributed by atoms with Crippen LogP contribution in [-0.4, -0.2) is 12.5 Å². The molecule has 3 N–H and O–H groups in total. The van der Waals surface area contributed by atoms with E-state index in [1.54, 1.807) is 6.07 Å². The van der Waals surface area contributed by atoms with E-state index in [0.29, 0.717) is 24.6 Å². The zero-order valence-electron chi connectivity index (χ0n) is 11.2. The molecule has 0 bridgehead atoms. The Hall–Kier alpha value is -0.940. The van der Waals surface area contributed by atoms with Crippen molar-refractivity contribution in [1.29, 1.82) is 0 Å². The Bertz CT molecular complexity index is 437. The fraction of sp³-hybridized carbons (Fsp3) is 0.500. The van der Waals surface area contributed by atoms with Gasteiger partial charge in [-0.3, -0.25) is 4.79 Å². The lowest BCUT2D eigenvalue weighted by Gasteiger charge is -2.17. The van der Waals surface area contributed by atoms with E-state index in [9.17, 15) is 9.18 Å². The van der Waals surface area contributed by atoms with Crippen LogP contribution in [0, 0.1) is 17.7 Å². The average molecular weight is 331 g/mol. The van der Waals surface area contributed by atoms with Gasteiger partial charge in [-0.05, 0) is 36.1 Å². The van der Waals surface area contributed by atoms with Gasteiger partial charge in [0.05, 0.1) is 5.92 Å². The number of hydrogen-bond donors (Lipinski definition) is 2. The average Bonchev–Trinajstić information content (AvgIpc) is 2.36. The molecule has 0 fully saturated rings. The van der Waals surface area contributed by atoms with Crippen LogP contribution >= 0.6 is 15.9 Å². The molecule has 0 aliphatic carbocycles. The number of benzene rings is 1. The zero-order chi connectivity index (χ0) is 14.4. The zero-order valence-corrected chi connectivity index (χ0v) is 12.8. The molecule has 0 aliphatic rings. The number of carbonyl (C=O) groups excluding carboxylic acids is 1. The van der Waals surface area contributed by atoms with Gasteiger partial charge in [0.1, 0.15) is 5.82 Å². The Morgan fingerprint density at radius 2 is 2.16 bits per heavy atom. The van der Waals surface area contributed by atoms with Gasteiger partial charge < -0.3 is 11.1 Å². The highest BCUT2D eigenvalue weighted by Gasteiger charge is 2.18. The van der Waals surface area contributed by atoms with Gasteiger partial charge in [0.15, 0.2) is 0 Å². The summed E-state index contributed by atoms with van der Waals surface area (Å²) in [6.07, 6.45) is 0.757. The van der Waals surface area contributed by atoms with Crippen LogP contribution in [-0.2, 0) is 11.3 Å². The Kier molecular flexibility index (Phi) is 6.45. The van der Waals surface area contributed by atoms with Gasteiger partial charge in [-0.2, -0.15) is 0 Å². The summed E-state index contributed by atoms with van der Waals surface area (Å²) in [7, 11) is 0. The van der Waals surface area contributed by atoms with Crippen molar-refractivity contribution in [3.63, 3.8) is 0 Å². The number of nitrogens with one attached hydrogen (secondary N) is 1. The van der Waals surface area contributed by atoms with Crippen molar-refractivity contribution in [2.24, 2.45) is 17.6 Å². The molecule has 0 radical (unpaired) electrons. The van der Waals surface area contributed by atoms with Crippen molar-refractivity contribution in [3.8, 4) is 0 Å². The number of hydrogen-bond acceptors (Lipinski definition) is 2. The van der Waals surface area contributed by atoms with E-state index in [1.807, 2.05) is 0 Å². The van der Waals surface area contributed by atoms with Gasteiger partial charge in [-0.25, -0.2) is 4.39 Å². The summed E-state index contributed by atoms with van der Waals surface area (Å²) in [6, 6.07) is 4.41. The first-order valence-corrected chi connectivity index (χ1v) is 7.15. The van der Waals surface area contributed by atoms with Crippen molar-refractivity contribution < 1.29 is 9.18 Å². The minimum Gasteiger partial charge on any atom is -0.352 e. The van der Waals surface area contributed by atoms with Gasteiger partial charge in [0, 0.05) is 17.6 Å². The molecule has 106 valence electrons. The van der Waals surface area contributed by atoms with Crippen molar-refractivity contribution in [2.75, 3.05) is 6.54 Å². The minimum absolute atomic E-state index is 0.0765. The van der Waals surface area contributed by atoms with Crippen molar-refractivity contribution in [2.45, 2.75) is 26.8 Å². The summed E-state index contributed by atoms with van der Waals surface area (Å²) in [6.45, 7) is 4.73. The van der Waals surface area contributed by atoms with E-state index in [0.717, 1.165) is 10.9 Å². The van der Waals surface area contributed by atoms with E-state index < -0.39 is 0 Å². The normalized spacial score (nSPS) is 12.5. The van der Waals surface area contributed by atoms with Crippen molar-refractivity contribution in [1.82, 2.24) is 5.32 Å². The third-order valence-electron chi connectivity index (χ3n) is 2.87. The second-order valence-electron chi connectivity index (χ2n) is 5.02. The van der Waals surface area contributed by atoms with E-state index in [2.05, 4.69) is 35.1 Å². The maximum atomic E-state index is 13.1. The number of rotatable bonds is 6. The molecule has 1 aromatic carbocycles. The van der Waals surface area contributed by atoms with Gasteiger partial charge >= 0.3 is 0 Å². The quantitative estimate of drug-likeness (QED) is 0.842. The lowest BCUT2D eigenvalue weighted by molar-refractivity contribution is -0.125. The largest absolute Gasteiger partial charge is 0.352 e. The predicted octanol–water partition coefficient (Wildman–Crippen LogP) is 2.83. The number of halogens is 2. The summed E-state index contributed by atoms with van der Waals surface area (Å²) in [5.74, 6) is -0.162. The van der Waals surface area contributed by atoms with E-state index >= 15 is 0 Å². The third-order valence-corrected chi connectivity index (χ3v) is 3.65. The number of amides is 1. The molecule has 3 nitrogen and oxygen atoms in total. The Balaban J connectivity index is 2.60. The predicted molar refractivity (Wildman–Crippen MR) is 77.9 cm³/mol. The third kappa shape index (κ3) is 5.28. The first-order chi connectivity index (χ1) is 8.93. The fourth-order valence-electron chi connectivity index (χ4n) is 1.88. The molecule has 19 heavy (non-hydrogen) atoms. The number of carbonyl (C=O) groups is 1. The molecule has 0 saturated carbocycles. The van der Waals surface area contributed by atoms with Crippen LogP contribution in [0.15, 0.2) is 22.7 Å². The molecule has 0 aromatic heterocycles. The first-order valence-electron chi connectivity index (χ1n) is 6.35. The summed E-state index contributed by atoms with van der Waals surface area (Å²) in [5, 5.41) is 2.81. The monoisotopic (exact) mass is 330 g/mol. The van der Waals surface area contributed by atoms with E-state index in [1.165, 1.54) is 12.1 Å². The van der Waals surface area contributed by atoms with E-state index in [-0.39, 0.29) is 17.6 Å². The summed E-state index contributed by atoms with van der Waals surface area (Å²) < 4.78 is 13.9. The lowest BCUT2D eigenvalue weighted by Crippen LogP contribution is -2.35. The maximum absolute atomic E-state index is 13.1. The molecule has 0 saturated heterocycles. The standard InChI is InChI=1S/C14H20BrFN2O/c1-9(2)5-10(7-17)14(19)18-8-11-6-12(16)3-4-13(11)15/h3-4,6,9-10H,5,7-8,17H2,1-2H3,(H,18,19). The SMILES string of the molecule is CC(C)CC(CN)C(=O)NCc1cc(F)ccc1Br. The van der Waals surface area contributed by atoms with Crippen molar-refractivity contribution >= 4 is 21.8 Å². The summed E-state index contributed by atoms with van der Waals surface area (Å²) in [5.41, 5.74) is 6.33. The topological polar surface area (TPSA) is 55.1 Å². The highest BCUT2D eigenvalue weighted by Crippen LogP contribution is 2.18. The molecule has 1 atom stereocenters. The van der Waals surface area contributed by atoms with Crippen LogP contribution < -0.4 is 11.1 Å². The van der Waals surface area contributed by atoms with Crippen LogP contribution in [0.3, 0.4) is 0 Å². The van der Waals surface area contributed by atoms with Crippen LogP contribution in [0.5, 0.6) is 0 Å². The van der Waals surface area contributed by atoms with Crippen molar-refractivity contribution in [3.05, 3.63) is 34.1 Å². The minimum atomic E-state index is -0.315. The van der Waals surface area contributed by atoms with Gasteiger partial charge in [0.2, 0.25) is 5.91 Å². The molecule has 0 heterocycles. The van der Waals surface area contributed by atoms with Gasteiger partial charge in [-0.1, -0.05) is 29.8 Å². The van der Waals surface area contributed by atoms with Gasteiger partial charge in [0.25, 0.3) is 0 Å². The van der Waals surface area contributed by atoms with Gasteiger partial charge in [-0.15, -0.1) is 0 Å². The maximum Gasteiger partial charge on any atom is 0.224 e. The number of nitrogens with two attached hydrogens (primary N) is 1. The smallest absolute Gasteiger partial charge is 0.224 e. The second kappa shape index (κ2) is 7.60. The highest BCUT2D eigenvalue weighted by atomic mass is 79.9. The molecule has 5 heteroatoms. The van der Waals surface area contributed by atoms with E-state index in [4.69, 9.17) is 5.73 Å². The first kappa shape index (κ1) is 16.1. The molecular formula is C14H20BrFN2O. The van der Waals surface area contributed by atoms with Crippen LogP contribution in [0.1, 0.15) is 25.8 Å².